The monoisotopic (exact) mass is 285 g/mol. The van der Waals surface area contributed by atoms with Gasteiger partial charge in [-0.15, -0.1) is 0 Å². The van der Waals surface area contributed by atoms with Crippen molar-refractivity contribution in [3.63, 3.8) is 0 Å². The average molecular weight is 286 g/mol. The molecule has 1 unspecified atom stereocenters. The van der Waals surface area contributed by atoms with E-state index >= 15 is 0 Å². The predicted octanol–water partition coefficient (Wildman–Crippen LogP) is 3.15. The molecular formula is C15H24ClNO2. The van der Waals surface area contributed by atoms with Crippen LogP contribution in [0.1, 0.15) is 18.9 Å². The summed E-state index contributed by atoms with van der Waals surface area (Å²) in [6, 6.07) is 5.79. The first-order chi connectivity index (χ1) is 9.21. The van der Waals surface area contributed by atoms with E-state index in [0.717, 1.165) is 43.3 Å². The second kappa shape index (κ2) is 9.18. The SMILES string of the molecule is CCC(CNCCOC)Cc1cc(Cl)ccc1OC. The van der Waals surface area contributed by atoms with Gasteiger partial charge in [-0.25, -0.2) is 0 Å². The van der Waals surface area contributed by atoms with E-state index in [1.807, 2.05) is 18.2 Å². The topological polar surface area (TPSA) is 30.5 Å². The minimum absolute atomic E-state index is 0.573. The van der Waals surface area contributed by atoms with Crippen LogP contribution in [-0.2, 0) is 11.2 Å². The van der Waals surface area contributed by atoms with Gasteiger partial charge >= 0.3 is 0 Å². The first kappa shape index (κ1) is 16.3. The van der Waals surface area contributed by atoms with Crippen LogP contribution >= 0.6 is 11.6 Å². The Morgan fingerprint density at radius 3 is 2.74 bits per heavy atom. The van der Waals surface area contributed by atoms with Crippen LogP contribution in [0.3, 0.4) is 0 Å². The smallest absolute Gasteiger partial charge is 0.122 e. The molecule has 4 heteroatoms. The number of benzene rings is 1. The fourth-order valence-electron chi connectivity index (χ4n) is 2.06. The Balaban J connectivity index is 2.56. The summed E-state index contributed by atoms with van der Waals surface area (Å²) in [5.74, 6) is 1.49. The van der Waals surface area contributed by atoms with Crippen molar-refractivity contribution < 1.29 is 9.47 Å². The van der Waals surface area contributed by atoms with Gasteiger partial charge in [0.1, 0.15) is 5.75 Å². The summed E-state index contributed by atoms with van der Waals surface area (Å²) in [6.45, 7) is 4.83. The highest BCUT2D eigenvalue weighted by molar-refractivity contribution is 6.30. The van der Waals surface area contributed by atoms with Gasteiger partial charge < -0.3 is 14.8 Å². The molecule has 1 N–H and O–H groups in total. The van der Waals surface area contributed by atoms with Gasteiger partial charge in [0, 0.05) is 18.7 Å². The standard InChI is InChI=1S/C15H24ClNO2/c1-4-12(11-17-7-8-18-2)9-13-10-14(16)5-6-15(13)19-3/h5-6,10,12,17H,4,7-9,11H2,1-3H3. The lowest BCUT2D eigenvalue weighted by molar-refractivity contribution is 0.197. The Kier molecular flexibility index (Phi) is 7.87. The fraction of sp³-hybridized carbons (Fsp3) is 0.600. The second-order valence-electron chi connectivity index (χ2n) is 4.63. The lowest BCUT2D eigenvalue weighted by atomic mass is 9.96. The zero-order valence-corrected chi connectivity index (χ0v) is 12.8. The van der Waals surface area contributed by atoms with Crippen LogP contribution in [-0.4, -0.2) is 33.9 Å². The number of hydrogen-bond donors (Lipinski definition) is 1. The Hall–Kier alpha value is -0.770. The Labute approximate surface area is 121 Å². The first-order valence-electron chi connectivity index (χ1n) is 6.73. The minimum Gasteiger partial charge on any atom is -0.496 e. The van der Waals surface area contributed by atoms with Crippen LogP contribution in [0.15, 0.2) is 18.2 Å². The molecule has 0 saturated heterocycles. The number of ether oxygens (including phenoxy) is 2. The number of hydrogen-bond acceptors (Lipinski definition) is 3. The molecule has 0 amide bonds. The molecule has 0 heterocycles. The van der Waals surface area contributed by atoms with Crippen LogP contribution in [0.2, 0.25) is 5.02 Å². The van der Waals surface area contributed by atoms with Crippen molar-refractivity contribution in [1.82, 2.24) is 5.32 Å². The molecule has 1 aromatic rings. The summed E-state index contributed by atoms with van der Waals surface area (Å²) >= 11 is 6.06. The first-order valence-corrected chi connectivity index (χ1v) is 7.11. The fourth-order valence-corrected chi connectivity index (χ4v) is 2.25. The molecule has 0 aliphatic carbocycles. The molecule has 0 bridgehead atoms. The molecule has 0 saturated carbocycles. The van der Waals surface area contributed by atoms with Crippen LogP contribution in [0, 0.1) is 5.92 Å². The maximum atomic E-state index is 6.06. The van der Waals surface area contributed by atoms with Crippen LogP contribution in [0.4, 0.5) is 0 Å². The third-order valence-corrected chi connectivity index (χ3v) is 3.48. The largest absolute Gasteiger partial charge is 0.496 e. The second-order valence-corrected chi connectivity index (χ2v) is 5.07. The number of methoxy groups -OCH3 is 2. The summed E-state index contributed by atoms with van der Waals surface area (Å²) in [5, 5.41) is 4.17. The number of rotatable bonds is 9. The molecule has 0 aromatic heterocycles. The van der Waals surface area contributed by atoms with E-state index in [2.05, 4.69) is 12.2 Å². The van der Waals surface area contributed by atoms with Gasteiger partial charge in [-0.1, -0.05) is 24.9 Å². The average Bonchev–Trinajstić information content (AvgIpc) is 2.42. The maximum absolute atomic E-state index is 6.06. The highest BCUT2D eigenvalue weighted by atomic mass is 35.5. The van der Waals surface area contributed by atoms with Crippen LogP contribution in [0.5, 0.6) is 5.75 Å². The van der Waals surface area contributed by atoms with E-state index < -0.39 is 0 Å². The van der Waals surface area contributed by atoms with Gasteiger partial charge in [-0.3, -0.25) is 0 Å². The molecule has 108 valence electrons. The molecule has 0 fully saturated rings. The summed E-state index contributed by atoms with van der Waals surface area (Å²) in [4.78, 5) is 0. The minimum atomic E-state index is 0.573. The van der Waals surface area contributed by atoms with Gasteiger partial charge in [0.2, 0.25) is 0 Å². The van der Waals surface area contributed by atoms with Crippen molar-refractivity contribution in [2.24, 2.45) is 5.92 Å². The van der Waals surface area contributed by atoms with E-state index in [9.17, 15) is 0 Å². The van der Waals surface area contributed by atoms with Gasteiger partial charge in [0.15, 0.2) is 0 Å². The summed E-state index contributed by atoms with van der Waals surface area (Å²) in [7, 11) is 3.42. The summed E-state index contributed by atoms with van der Waals surface area (Å²) in [6.07, 6.45) is 2.09. The molecule has 1 rings (SSSR count). The van der Waals surface area contributed by atoms with Gasteiger partial charge in [-0.05, 0) is 42.6 Å². The van der Waals surface area contributed by atoms with E-state index in [4.69, 9.17) is 21.1 Å². The lowest BCUT2D eigenvalue weighted by Crippen LogP contribution is -2.27. The predicted molar refractivity (Wildman–Crippen MR) is 80.2 cm³/mol. The quantitative estimate of drug-likeness (QED) is 0.707. The molecule has 0 aliphatic heterocycles. The molecule has 19 heavy (non-hydrogen) atoms. The van der Waals surface area contributed by atoms with Crippen molar-refractivity contribution in [2.75, 3.05) is 33.9 Å². The maximum Gasteiger partial charge on any atom is 0.122 e. The number of halogens is 1. The van der Waals surface area contributed by atoms with Crippen molar-refractivity contribution in [2.45, 2.75) is 19.8 Å². The van der Waals surface area contributed by atoms with Gasteiger partial charge in [0.05, 0.1) is 13.7 Å². The molecular weight excluding hydrogens is 262 g/mol. The lowest BCUT2D eigenvalue weighted by Gasteiger charge is -2.17. The van der Waals surface area contributed by atoms with E-state index in [0.29, 0.717) is 5.92 Å². The molecule has 1 aromatic carbocycles. The van der Waals surface area contributed by atoms with Crippen LogP contribution < -0.4 is 10.1 Å². The molecule has 3 nitrogen and oxygen atoms in total. The Morgan fingerprint density at radius 2 is 2.11 bits per heavy atom. The third kappa shape index (κ3) is 5.81. The molecule has 0 aliphatic rings. The van der Waals surface area contributed by atoms with Crippen molar-refractivity contribution in [3.8, 4) is 5.75 Å². The molecule has 0 spiro atoms. The van der Waals surface area contributed by atoms with Crippen molar-refractivity contribution in [3.05, 3.63) is 28.8 Å². The Morgan fingerprint density at radius 1 is 1.32 bits per heavy atom. The van der Waals surface area contributed by atoms with Crippen molar-refractivity contribution >= 4 is 11.6 Å². The molecule has 0 radical (unpaired) electrons. The van der Waals surface area contributed by atoms with E-state index in [1.54, 1.807) is 14.2 Å². The third-order valence-electron chi connectivity index (χ3n) is 3.24. The van der Waals surface area contributed by atoms with Gasteiger partial charge in [0.25, 0.3) is 0 Å². The molecule has 1 atom stereocenters. The highest BCUT2D eigenvalue weighted by Gasteiger charge is 2.11. The highest BCUT2D eigenvalue weighted by Crippen LogP contribution is 2.25. The zero-order valence-electron chi connectivity index (χ0n) is 12.0. The summed E-state index contributed by atoms with van der Waals surface area (Å²) < 4.78 is 10.4. The van der Waals surface area contributed by atoms with Crippen LogP contribution in [0.25, 0.3) is 0 Å². The number of nitrogens with one attached hydrogen (secondary N) is 1. The van der Waals surface area contributed by atoms with Gasteiger partial charge in [-0.2, -0.15) is 0 Å². The Bertz CT molecular complexity index is 371. The summed E-state index contributed by atoms with van der Waals surface area (Å²) in [5.41, 5.74) is 1.18. The van der Waals surface area contributed by atoms with E-state index in [1.165, 1.54) is 5.56 Å². The normalized spacial score (nSPS) is 12.4. The van der Waals surface area contributed by atoms with E-state index in [-0.39, 0.29) is 0 Å². The zero-order chi connectivity index (χ0) is 14.1. The van der Waals surface area contributed by atoms with Crippen molar-refractivity contribution in [1.29, 1.82) is 0 Å².